The van der Waals surface area contributed by atoms with Gasteiger partial charge in [0.15, 0.2) is 5.96 Å². The van der Waals surface area contributed by atoms with Crippen LogP contribution in [0.1, 0.15) is 17.2 Å². The van der Waals surface area contributed by atoms with Gasteiger partial charge in [0.05, 0.1) is 18.8 Å². The van der Waals surface area contributed by atoms with Gasteiger partial charge in [-0.15, -0.1) is 0 Å². The van der Waals surface area contributed by atoms with E-state index in [2.05, 4.69) is 20.6 Å². The highest BCUT2D eigenvalue weighted by Crippen LogP contribution is 2.13. The summed E-state index contributed by atoms with van der Waals surface area (Å²) in [6, 6.07) is 12.7. The van der Waals surface area contributed by atoms with Gasteiger partial charge in [-0.1, -0.05) is 30.3 Å². The molecule has 3 N–H and O–H groups in total. The smallest absolute Gasteiger partial charge is 0.191 e. The molecule has 23 heavy (non-hydrogen) atoms. The molecule has 5 nitrogen and oxygen atoms in total. The third-order valence-corrected chi connectivity index (χ3v) is 3.49. The van der Waals surface area contributed by atoms with Crippen molar-refractivity contribution in [3.05, 3.63) is 65.7 Å². The Morgan fingerprint density at radius 3 is 2.65 bits per heavy atom. The quantitative estimate of drug-likeness (QED) is 0.560. The van der Waals surface area contributed by atoms with Crippen molar-refractivity contribution in [3.63, 3.8) is 0 Å². The number of nitrogens with one attached hydrogen (secondary N) is 2. The molecule has 2 rings (SSSR count). The lowest BCUT2D eigenvalue weighted by Gasteiger charge is -2.18. The van der Waals surface area contributed by atoms with Crippen LogP contribution < -0.4 is 10.6 Å². The molecule has 1 aromatic heterocycles. The molecular weight excluding hydrogens is 295 g/mol. The number of guanidine groups is 1. The van der Waals surface area contributed by atoms with Crippen LogP contribution in [0, 0.1) is 5.82 Å². The molecule has 122 valence electrons. The van der Waals surface area contributed by atoms with Gasteiger partial charge in [-0.25, -0.2) is 4.39 Å². The van der Waals surface area contributed by atoms with Crippen LogP contribution in [-0.2, 0) is 6.54 Å². The molecule has 0 radical (unpaired) electrons. The van der Waals surface area contributed by atoms with Crippen molar-refractivity contribution in [2.75, 3.05) is 20.2 Å². The summed E-state index contributed by atoms with van der Waals surface area (Å²) in [6.45, 7) is 0.787. The molecule has 0 saturated heterocycles. The SMILES string of the molecule is CN=C(NCc1ncccc1F)NCC(CO)c1ccccc1. The van der Waals surface area contributed by atoms with Crippen molar-refractivity contribution in [3.8, 4) is 0 Å². The normalized spacial score (nSPS) is 12.7. The molecule has 0 fully saturated rings. The molecule has 0 amide bonds. The van der Waals surface area contributed by atoms with Crippen LogP contribution in [0.4, 0.5) is 4.39 Å². The topological polar surface area (TPSA) is 69.5 Å². The lowest BCUT2D eigenvalue weighted by atomic mass is 10.0. The maximum absolute atomic E-state index is 13.5. The minimum atomic E-state index is -0.354. The number of benzene rings is 1. The highest BCUT2D eigenvalue weighted by Gasteiger charge is 2.11. The highest BCUT2D eigenvalue weighted by atomic mass is 19.1. The van der Waals surface area contributed by atoms with Gasteiger partial charge >= 0.3 is 0 Å². The van der Waals surface area contributed by atoms with Crippen molar-refractivity contribution in [1.82, 2.24) is 15.6 Å². The zero-order valence-electron chi connectivity index (χ0n) is 13.0. The average Bonchev–Trinajstić information content (AvgIpc) is 2.60. The molecule has 1 heterocycles. The zero-order chi connectivity index (χ0) is 16.5. The number of nitrogens with zero attached hydrogens (tertiary/aromatic N) is 2. The summed E-state index contributed by atoms with van der Waals surface area (Å²) < 4.78 is 13.5. The van der Waals surface area contributed by atoms with E-state index in [0.717, 1.165) is 5.56 Å². The molecule has 0 bridgehead atoms. The Labute approximate surface area is 135 Å². The van der Waals surface area contributed by atoms with Crippen LogP contribution in [0.5, 0.6) is 0 Å². The number of hydrogen-bond donors (Lipinski definition) is 3. The van der Waals surface area contributed by atoms with Crippen LogP contribution in [0.2, 0.25) is 0 Å². The number of pyridine rings is 1. The maximum Gasteiger partial charge on any atom is 0.191 e. The molecule has 0 aliphatic heterocycles. The number of aliphatic hydroxyl groups excluding tert-OH is 1. The first kappa shape index (κ1) is 16.9. The van der Waals surface area contributed by atoms with Crippen LogP contribution in [0.25, 0.3) is 0 Å². The van der Waals surface area contributed by atoms with Gasteiger partial charge in [-0.05, 0) is 17.7 Å². The fourth-order valence-corrected chi connectivity index (χ4v) is 2.17. The van der Waals surface area contributed by atoms with Crippen LogP contribution >= 0.6 is 0 Å². The summed E-state index contributed by atoms with van der Waals surface area (Å²) in [6.07, 6.45) is 1.55. The Morgan fingerprint density at radius 1 is 1.22 bits per heavy atom. The van der Waals surface area contributed by atoms with Crippen molar-refractivity contribution in [2.24, 2.45) is 4.99 Å². The summed E-state index contributed by atoms with van der Waals surface area (Å²) in [5, 5.41) is 15.7. The fraction of sp³-hybridized carbons (Fsp3) is 0.294. The van der Waals surface area contributed by atoms with E-state index < -0.39 is 0 Å². The van der Waals surface area contributed by atoms with E-state index in [1.54, 1.807) is 19.3 Å². The van der Waals surface area contributed by atoms with E-state index in [4.69, 9.17) is 0 Å². The second kappa shape index (κ2) is 8.85. The van der Waals surface area contributed by atoms with Gasteiger partial charge in [0.2, 0.25) is 0 Å². The van der Waals surface area contributed by atoms with E-state index in [-0.39, 0.29) is 24.9 Å². The van der Waals surface area contributed by atoms with E-state index in [0.29, 0.717) is 18.2 Å². The summed E-state index contributed by atoms with van der Waals surface area (Å²) >= 11 is 0. The van der Waals surface area contributed by atoms with Gasteiger partial charge in [-0.3, -0.25) is 9.98 Å². The zero-order valence-corrected chi connectivity index (χ0v) is 13.0. The average molecular weight is 316 g/mol. The Morgan fingerprint density at radius 2 is 2.00 bits per heavy atom. The lowest BCUT2D eigenvalue weighted by molar-refractivity contribution is 0.265. The van der Waals surface area contributed by atoms with Gasteiger partial charge in [0.25, 0.3) is 0 Å². The highest BCUT2D eigenvalue weighted by molar-refractivity contribution is 5.79. The van der Waals surface area contributed by atoms with Crippen molar-refractivity contribution in [1.29, 1.82) is 0 Å². The van der Waals surface area contributed by atoms with E-state index in [1.165, 1.54) is 6.07 Å². The van der Waals surface area contributed by atoms with E-state index >= 15 is 0 Å². The van der Waals surface area contributed by atoms with Crippen molar-refractivity contribution >= 4 is 5.96 Å². The lowest BCUT2D eigenvalue weighted by Crippen LogP contribution is -2.39. The Balaban J connectivity index is 1.88. The monoisotopic (exact) mass is 316 g/mol. The minimum Gasteiger partial charge on any atom is -0.396 e. The Kier molecular flexibility index (Phi) is 6.50. The van der Waals surface area contributed by atoms with Crippen molar-refractivity contribution in [2.45, 2.75) is 12.5 Å². The second-order valence-electron chi connectivity index (χ2n) is 5.03. The third-order valence-electron chi connectivity index (χ3n) is 3.49. The van der Waals surface area contributed by atoms with E-state index in [1.807, 2.05) is 30.3 Å². The minimum absolute atomic E-state index is 0.0306. The maximum atomic E-state index is 13.5. The van der Waals surface area contributed by atoms with Crippen molar-refractivity contribution < 1.29 is 9.50 Å². The first-order valence-electron chi connectivity index (χ1n) is 7.44. The summed E-state index contributed by atoms with van der Waals surface area (Å²) in [5.41, 5.74) is 1.38. The Hall–Kier alpha value is -2.47. The summed E-state index contributed by atoms with van der Waals surface area (Å²) in [4.78, 5) is 8.08. The summed E-state index contributed by atoms with van der Waals surface area (Å²) in [7, 11) is 1.64. The van der Waals surface area contributed by atoms with Gasteiger partial charge < -0.3 is 15.7 Å². The predicted octanol–water partition coefficient (Wildman–Crippen LogP) is 1.66. The molecule has 1 unspecified atom stereocenters. The molecular formula is C17H21FN4O. The standard InChI is InChI=1S/C17H21FN4O/c1-19-17(22-11-16-15(18)8-5-9-20-16)21-10-14(12-23)13-6-3-2-4-7-13/h2-9,14,23H,10-12H2,1H3,(H2,19,21,22). The molecule has 0 aliphatic carbocycles. The van der Waals surface area contributed by atoms with Gasteiger partial charge in [0, 0.05) is 25.7 Å². The number of hydrogen-bond acceptors (Lipinski definition) is 3. The molecule has 6 heteroatoms. The number of aliphatic imine (C=N–C) groups is 1. The number of halogens is 1. The predicted molar refractivity (Wildman–Crippen MR) is 88.7 cm³/mol. The largest absolute Gasteiger partial charge is 0.396 e. The first-order valence-corrected chi connectivity index (χ1v) is 7.44. The van der Waals surface area contributed by atoms with Crippen LogP contribution in [0.3, 0.4) is 0 Å². The number of aliphatic hydroxyl groups is 1. The van der Waals surface area contributed by atoms with Gasteiger partial charge in [-0.2, -0.15) is 0 Å². The van der Waals surface area contributed by atoms with Gasteiger partial charge in [0.1, 0.15) is 5.82 Å². The first-order chi connectivity index (χ1) is 11.2. The molecule has 1 atom stereocenters. The second-order valence-corrected chi connectivity index (χ2v) is 5.03. The molecule has 0 aliphatic rings. The molecule has 0 spiro atoms. The number of rotatable bonds is 6. The van der Waals surface area contributed by atoms with Crippen LogP contribution in [0.15, 0.2) is 53.7 Å². The fourth-order valence-electron chi connectivity index (χ4n) is 2.17. The summed E-state index contributed by atoms with van der Waals surface area (Å²) in [5.74, 6) is 0.138. The molecule has 2 aromatic rings. The molecule has 0 saturated carbocycles. The van der Waals surface area contributed by atoms with Crippen LogP contribution in [-0.4, -0.2) is 36.2 Å². The Bertz CT molecular complexity index is 634. The van der Waals surface area contributed by atoms with E-state index in [9.17, 15) is 9.50 Å². The molecule has 1 aromatic carbocycles. The third kappa shape index (κ3) is 5.03. The number of aromatic nitrogens is 1.